The van der Waals surface area contributed by atoms with Gasteiger partial charge in [-0.25, -0.2) is 0 Å². The van der Waals surface area contributed by atoms with Crippen molar-refractivity contribution in [1.29, 1.82) is 0 Å². The zero-order chi connectivity index (χ0) is 11.6. The number of piperidine rings is 1. The van der Waals surface area contributed by atoms with Gasteiger partial charge in [0.15, 0.2) is 0 Å². The second-order valence-electron chi connectivity index (χ2n) is 4.63. The quantitative estimate of drug-likeness (QED) is 0.800. The van der Waals surface area contributed by atoms with E-state index in [0.29, 0.717) is 19.6 Å². The van der Waals surface area contributed by atoms with E-state index in [1.54, 1.807) is 8.61 Å². The van der Waals surface area contributed by atoms with Crippen LogP contribution >= 0.6 is 12.4 Å². The molecule has 0 amide bonds. The molecule has 0 aromatic heterocycles. The van der Waals surface area contributed by atoms with Crippen molar-refractivity contribution >= 4 is 22.6 Å². The Morgan fingerprint density at radius 3 is 2.35 bits per heavy atom. The number of nitrogens with zero attached hydrogens (tertiary/aromatic N) is 2. The number of halogens is 1. The van der Waals surface area contributed by atoms with Gasteiger partial charge in [-0.3, -0.25) is 0 Å². The highest BCUT2D eigenvalue weighted by Crippen LogP contribution is 2.19. The monoisotopic (exact) mass is 283 g/mol. The maximum atomic E-state index is 12.4. The summed E-state index contributed by atoms with van der Waals surface area (Å²) >= 11 is 0. The van der Waals surface area contributed by atoms with Gasteiger partial charge in [-0.15, -0.1) is 12.4 Å². The van der Waals surface area contributed by atoms with Crippen molar-refractivity contribution in [1.82, 2.24) is 13.9 Å². The van der Waals surface area contributed by atoms with Crippen molar-refractivity contribution < 1.29 is 8.42 Å². The molecule has 0 aliphatic carbocycles. The molecule has 2 aliphatic rings. The predicted molar refractivity (Wildman–Crippen MR) is 70.6 cm³/mol. The molecule has 1 N–H and O–H groups in total. The van der Waals surface area contributed by atoms with E-state index in [0.717, 1.165) is 32.4 Å². The van der Waals surface area contributed by atoms with Gasteiger partial charge in [0.05, 0.1) is 0 Å². The summed E-state index contributed by atoms with van der Waals surface area (Å²) in [6.07, 6.45) is 3.16. The van der Waals surface area contributed by atoms with Crippen molar-refractivity contribution in [2.75, 3.05) is 32.7 Å². The Kier molecular flexibility index (Phi) is 5.66. The van der Waals surface area contributed by atoms with Crippen LogP contribution in [0.5, 0.6) is 0 Å². The van der Waals surface area contributed by atoms with E-state index in [2.05, 4.69) is 5.32 Å². The highest BCUT2D eigenvalue weighted by atomic mass is 35.5. The van der Waals surface area contributed by atoms with E-state index < -0.39 is 10.2 Å². The standard InChI is InChI=1S/C10H21N3O2S.ClH/c1-10-9-11-5-8-13(10)16(14,15)12-6-3-2-4-7-12;/h10-11H,2-9H2,1H3;1H. The summed E-state index contributed by atoms with van der Waals surface area (Å²) < 4.78 is 28.0. The van der Waals surface area contributed by atoms with Crippen LogP contribution in [0.4, 0.5) is 0 Å². The molecule has 2 rings (SSSR count). The Labute approximate surface area is 110 Å². The van der Waals surface area contributed by atoms with E-state index in [1.807, 2.05) is 6.92 Å². The first-order chi connectivity index (χ1) is 7.62. The van der Waals surface area contributed by atoms with Crippen LogP contribution in [0.25, 0.3) is 0 Å². The molecule has 0 radical (unpaired) electrons. The lowest BCUT2D eigenvalue weighted by molar-refractivity contribution is 0.246. The molecule has 17 heavy (non-hydrogen) atoms. The number of hydrogen-bond acceptors (Lipinski definition) is 3. The van der Waals surface area contributed by atoms with Gasteiger partial charge >= 0.3 is 0 Å². The van der Waals surface area contributed by atoms with Crippen LogP contribution in [-0.4, -0.2) is 55.8 Å². The Hall–Kier alpha value is 0.120. The molecule has 0 aromatic carbocycles. The van der Waals surface area contributed by atoms with E-state index in [4.69, 9.17) is 0 Å². The molecule has 2 aliphatic heterocycles. The van der Waals surface area contributed by atoms with Gasteiger partial charge in [0.25, 0.3) is 10.2 Å². The smallest absolute Gasteiger partial charge is 0.282 e. The zero-order valence-electron chi connectivity index (χ0n) is 10.3. The Balaban J connectivity index is 0.00000144. The first-order valence-electron chi connectivity index (χ1n) is 6.10. The SMILES string of the molecule is CC1CNCCN1S(=O)(=O)N1CCCCC1.Cl. The third-order valence-corrected chi connectivity index (χ3v) is 5.53. The molecule has 5 nitrogen and oxygen atoms in total. The normalized spacial score (nSPS) is 28.6. The van der Waals surface area contributed by atoms with Gasteiger partial charge in [-0.1, -0.05) is 6.42 Å². The van der Waals surface area contributed by atoms with Gasteiger partial charge in [0.2, 0.25) is 0 Å². The first kappa shape index (κ1) is 15.2. The largest absolute Gasteiger partial charge is 0.314 e. The minimum atomic E-state index is -3.21. The average molecular weight is 284 g/mol. The van der Waals surface area contributed by atoms with E-state index in [9.17, 15) is 8.42 Å². The second-order valence-corrected chi connectivity index (χ2v) is 6.51. The highest BCUT2D eigenvalue weighted by molar-refractivity contribution is 7.86. The summed E-state index contributed by atoms with van der Waals surface area (Å²) in [6, 6.07) is 0.0701. The molecule has 1 unspecified atom stereocenters. The minimum absolute atomic E-state index is 0. The van der Waals surface area contributed by atoms with Crippen molar-refractivity contribution in [2.24, 2.45) is 0 Å². The molecule has 2 fully saturated rings. The lowest BCUT2D eigenvalue weighted by atomic mass is 10.2. The molecular formula is C10H22ClN3O2S. The third-order valence-electron chi connectivity index (χ3n) is 3.38. The third kappa shape index (κ3) is 3.32. The van der Waals surface area contributed by atoms with Crippen LogP contribution in [0, 0.1) is 0 Å². The number of piperazine rings is 1. The van der Waals surface area contributed by atoms with Crippen LogP contribution in [0.1, 0.15) is 26.2 Å². The van der Waals surface area contributed by atoms with Crippen LogP contribution in [0.3, 0.4) is 0 Å². The van der Waals surface area contributed by atoms with Crippen molar-refractivity contribution in [3.05, 3.63) is 0 Å². The zero-order valence-corrected chi connectivity index (χ0v) is 11.9. The maximum Gasteiger partial charge on any atom is 0.282 e. The Bertz CT molecular complexity index is 330. The molecular weight excluding hydrogens is 262 g/mol. The van der Waals surface area contributed by atoms with Gasteiger partial charge in [0.1, 0.15) is 0 Å². The lowest BCUT2D eigenvalue weighted by Gasteiger charge is -2.37. The fraction of sp³-hybridized carbons (Fsp3) is 1.00. The van der Waals surface area contributed by atoms with Crippen LogP contribution < -0.4 is 5.32 Å². The molecule has 0 saturated carbocycles. The number of nitrogens with one attached hydrogen (secondary N) is 1. The Morgan fingerprint density at radius 1 is 1.12 bits per heavy atom. The minimum Gasteiger partial charge on any atom is -0.314 e. The van der Waals surface area contributed by atoms with E-state index in [1.165, 1.54) is 0 Å². The summed E-state index contributed by atoms with van der Waals surface area (Å²) in [7, 11) is -3.21. The fourth-order valence-corrected chi connectivity index (χ4v) is 4.28. The molecule has 0 bridgehead atoms. The van der Waals surface area contributed by atoms with Crippen LogP contribution in [0.15, 0.2) is 0 Å². The van der Waals surface area contributed by atoms with E-state index in [-0.39, 0.29) is 18.4 Å². The molecule has 0 aromatic rings. The predicted octanol–water partition coefficient (Wildman–Crippen LogP) is 0.433. The number of hydrogen-bond donors (Lipinski definition) is 1. The van der Waals surface area contributed by atoms with Crippen molar-refractivity contribution in [3.63, 3.8) is 0 Å². The van der Waals surface area contributed by atoms with Crippen molar-refractivity contribution in [3.8, 4) is 0 Å². The Morgan fingerprint density at radius 2 is 1.76 bits per heavy atom. The summed E-state index contributed by atoms with van der Waals surface area (Å²) in [5.41, 5.74) is 0. The summed E-state index contributed by atoms with van der Waals surface area (Å²) in [5.74, 6) is 0. The summed E-state index contributed by atoms with van der Waals surface area (Å²) in [4.78, 5) is 0. The van der Waals surface area contributed by atoms with Crippen molar-refractivity contribution in [2.45, 2.75) is 32.2 Å². The van der Waals surface area contributed by atoms with Crippen LogP contribution in [0.2, 0.25) is 0 Å². The molecule has 2 saturated heterocycles. The van der Waals surface area contributed by atoms with Gasteiger partial charge in [0, 0.05) is 38.8 Å². The van der Waals surface area contributed by atoms with Gasteiger partial charge in [-0.2, -0.15) is 17.0 Å². The maximum absolute atomic E-state index is 12.4. The molecule has 1 atom stereocenters. The summed E-state index contributed by atoms with van der Waals surface area (Å²) in [5, 5.41) is 3.21. The first-order valence-corrected chi connectivity index (χ1v) is 7.50. The molecule has 102 valence electrons. The summed E-state index contributed by atoms with van der Waals surface area (Å²) in [6.45, 7) is 5.47. The average Bonchev–Trinajstić information content (AvgIpc) is 2.30. The lowest BCUT2D eigenvalue weighted by Crippen LogP contribution is -2.56. The second kappa shape index (κ2) is 6.33. The fourth-order valence-electron chi connectivity index (χ4n) is 2.41. The molecule has 2 heterocycles. The van der Waals surface area contributed by atoms with Gasteiger partial charge < -0.3 is 5.32 Å². The van der Waals surface area contributed by atoms with Gasteiger partial charge in [-0.05, 0) is 19.8 Å². The molecule has 0 spiro atoms. The highest BCUT2D eigenvalue weighted by Gasteiger charge is 2.34. The molecule has 7 heteroatoms. The topological polar surface area (TPSA) is 52.7 Å². The number of rotatable bonds is 2. The van der Waals surface area contributed by atoms with Crippen LogP contribution in [-0.2, 0) is 10.2 Å². The van der Waals surface area contributed by atoms with E-state index >= 15 is 0 Å².